The molecule has 1 heterocycles. The minimum Gasteiger partial charge on any atom is -0.357 e. The van der Waals surface area contributed by atoms with Gasteiger partial charge >= 0.3 is 0 Å². The van der Waals surface area contributed by atoms with Gasteiger partial charge in [-0.25, -0.2) is 0 Å². The highest BCUT2D eigenvalue weighted by atomic mass is 15.2. The molecule has 130 valence electrons. The largest absolute Gasteiger partial charge is 0.357 e. The Balaban J connectivity index is 2.20. The van der Waals surface area contributed by atoms with Crippen molar-refractivity contribution in [2.24, 2.45) is 10.9 Å². The quantitative estimate of drug-likeness (QED) is 0.406. The van der Waals surface area contributed by atoms with Gasteiger partial charge in [0.1, 0.15) is 0 Å². The number of hydrogen-bond acceptors (Lipinski definition) is 3. The molecule has 0 spiro atoms. The Kier molecular flexibility index (Phi) is 9.48. The molecule has 0 aromatic rings. The molecule has 1 rings (SSSR count). The van der Waals surface area contributed by atoms with Gasteiger partial charge in [-0.15, -0.1) is 0 Å². The molecule has 0 bridgehead atoms. The summed E-state index contributed by atoms with van der Waals surface area (Å²) in [5, 5.41) is 6.82. The first-order valence-corrected chi connectivity index (χ1v) is 8.98. The Morgan fingerprint density at radius 3 is 2.36 bits per heavy atom. The van der Waals surface area contributed by atoms with Crippen molar-refractivity contribution in [3.05, 3.63) is 0 Å². The van der Waals surface area contributed by atoms with E-state index in [1.54, 1.807) is 0 Å². The summed E-state index contributed by atoms with van der Waals surface area (Å²) in [7, 11) is 2.21. The molecule has 22 heavy (non-hydrogen) atoms. The topological polar surface area (TPSA) is 42.9 Å². The Labute approximate surface area is 137 Å². The molecule has 1 unspecified atom stereocenters. The summed E-state index contributed by atoms with van der Waals surface area (Å²) in [6.45, 7) is 16.7. The van der Waals surface area contributed by atoms with Gasteiger partial charge in [0.2, 0.25) is 0 Å². The first-order chi connectivity index (χ1) is 10.5. The van der Waals surface area contributed by atoms with Crippen molar-refractivity contribution in [2.45, 2.75) is 46.6 Å². The van der Waals surface area contributed by atoms with Crippen LogP contribution in [0.1, 0.15) is 40.5 Å². The fraction of sp³-hybridized carbons (Fsp3) is 0.941. The monoisotopic (exact) mass is 311 g/mol. The SMILES string of the molecule is CCNC(=NCCCCN1CCN(C)CC1)NC(C)C(C)C. The van der Waals surface area contributed by atoms with Gasteiger partial charge in [0, 0.05) is 45.3 Å². The fourth-order valence-corrected chi connectivity index (χ4v) is 2.41. The van der Waals surface area contributed by atoms with Crippen LogP contribution in [0.3, 0.4) is 0 Å². The zero-order valence-corrected chi connectivity index (χ0v) is 15.4. The second-order valence-electron chi connectivity index (χ2n) is 6.79. The maximum Gasteiger partial charge on any atom is 0.191 e. The van der Waals surface area contributed by atoms with E-state index in [9.17, 15) is 0 Å². The third kappa shape index (κ3) is 7.99. The van der Waals surface area contributed by atoms with Gasteiger partial charge in [0.15, 0.2) is 5.96 Å². The summed E-state index contributed by atoms with van der Waals surface area (Å²) >= 11 is 0. The van der Waals surface area contributed by atoms with E-state index in [0.29, 0.717) is 12.0 Å². The average molecular weight is 312 g/mol. The summed E-state index contributed by atoms with van der Waals surface area (Å²) in [5.41, 5.74) is 0. The number of aliphatic imine (C=N–C) groups is 1. The summed E-state index contributed by atoms with van der Waals surface area (Å²) in [6.07, 6.45) is 2.41. The lowest BCUT2D eigenvalue weighted by molar-refractivity contribution is 0.152. The van der Waals surface area contributed by atoms with Gasteiger partial charge in [0.25, 0.3) is 0 Å². The lowest BCUT2D eigenvalue weighted by atomic mass is 10.1. The number of piperazine rings is 1. The number of rotatable bonds is 8. The van der Waals surface area contributed by atoms with Gasteiger partial charge in [-0.05, 0) is 46.2 Å². The van der Waals surface area contributed by atoms with Crippen LogP contribution in [0.2, 0.25) is 0 Å². The van der Waals surface area contributed by atoms with Crippen LogP contribution in [0.4, 0.5) is 0 Å². The molecule has 1 fully saturated rings. The molecule has 1 saturated heterocycles. The van der Waals surface area contributed by atoms with E-state index in [-0.39, 0.29) is 0 Å². The number of likely N-dealkylation sites (N-methyl/N-ethyl adjacent to an activating group) is 1. The zero-order chi connectivity index (χ0) is 16.4. The van der Waals surface area contributed by atoms with Crippen molar-refractivity contribution in [1.29, 1.82) is 0 Å². The average Bonchev–Trinajstić information content (AvgIpc) is 2.48. The van der Waals surface area contributed by atoms with Crippen molar-refractivity contribution in [3.8, 4) is 0 Å². The van der Waals surface area contributed by atoms with Crippen molar-refractivity contribution in [2.75, 3.05) is 52.9 Å². The Morgan fingerprint density at radius 2 is 1.77 bits per heavy atom. The summed E-state index contributed by atoms with van der Waals surface area (Å²) < 4.78 is 0. The molecule has 0 aromatic heterocycles. The van der Waals surface area contributed by atoms with E-state index in [2.05, 4.69) is 55.2 Å². The zero-order valence-electron chi connectivity index (χ0n) is 15.4. The van der Waals surface area contributed by atoms with Gasteiger partial charge < -0.3 is 20.4 Å². The number of nitrogens with one attached hydrogen (secondary N) is 2. The number of unbranched alkanes of at least 4 members (excludes halogenated alkanes) is 1. The molecule has 0 aromatic carbocycles. The first kappa shape index (κ1) is 19.2. The van der Waals surface area contributed by atoms with E-state index in [4.69, 9.17) is 4.99 Å². The molecule has 5 nitrogen and oxygen atoms in total. The predicted octanol–water partition coefficient (Wildman–Crippen LogP) is 1.61. The van der Waals surface area contributed by atoms with Crippen LogP contribution in [0, 0.1) is 5.92 Å². The van der Waals surface area contributed by atoms with E-state index >= 15 is 0 Å². The van der Waals surface area contributed by atoms with Crippen LogP contribution in [-0.4, -0.2) is 74.7 Å². The van der Waals surface area contributed by atoms with Crippen LogP contribution in [0.25, 0.3) is 0 Å². The fourth-order valence-electron chi connectivity index (χ4n) is 2.41. The minimum atomic E-state index is 0.447. The van der Waals surface area contributed by atoms with Crippen LogP contribution in [-0.2, 0) is 0 Å². The normalized spacial score (nSPS) is 19.5. The van der Waals surface area contributed by atoms with E-state index in [1.807, 2.05) is 0 Å². The van der Waals surface area contributed by atoms with Crippen LogP contribution in [0.15, 0.2) is 4.99 Å². The van der Waals surface area contributed by atoms with Crippen LogP contribution < -0.4 is 10.6 Å². The lowest BCUT2D eigenvalue weighted by Crippen LogP contribution is -2.44. The third-order valence-electron chi connectivity index (χ3n) is 4.46. The van der Waals surface area contributed by atoms with Gasteiger partial charge in [-0.2, -0.15) is 0 Å². The molecule has 0 radical (unpaired) electrons. The van der Waals surface area contributed by atoms with Gasteiger partial charge in [-0.3, -0.25) is 4.99 Å². The number of guanidine groups is 1. The van der Waals surface area contributed by atoms with Crippen molar-refractivity contribution < 1.29 is 0 Å². The number of hydrogen-bond donors (Lipinski definition) is 2. The molecule has 5 heteroatoms. The summed E-state index contributed by atoms with van der Waals surface area (Å²) in [4.78, 5) is 9.68. The number of nitrogens with zero attached hydrogens (tertiary/aromatic N) is 3. The van der Waals surface area contributed by atoms with Crippen molar-refractivity contribution >= 4 is 5.96 Å². The lowest BCUT2D eigenvalue weighted by Gasteiger charge is -2.32. The van der Waals surface area contributed by atoms with Gasteiger partial charge in [0.05, 0.1) is 0 Å². The molecule has 0 aliphatic carbocycles. The van der Waals surface area contributed by atoms with Crippen molar-refractivity contribution in [3.63, 3.8) is 0 Å². The highest BCUT2D eigenvalue weighted by Crippen LogP contribution is 2.02. The Hall–Kier alpha value is -0.810. The molecule has 0 saturated carbocycles. The standard InChI is InChI=1S/C17H37N5/c1-6-18-17(20-16(4)15(2)3)19-9-7-8-10-22-13-11-21(5)12-14-22/h15-16H,6-14H2,1-5H3,(H2,18,19,20). The molecule has 2 N–H and O–H groups in total. The van der Waals surface area contributed by atoms with E-state index < -0.39 is 0 Å². The van der Waals surface area contributed by atoms with Gasteiger partial charge in [-0.1, -0.05) is 13.8 Å². The van der Waals surface area contributed by atoms with Crippen LogP contribution in [0.5, 0.6) is 0 Å². The molecule has 0 amide bonds. The van der Waals surface area contributed by atoms with E-state index in [0.717, 1.165) is 19.0 Å². The maximum atomic E-state index is 4.70. The highest BCUT2D eigenvalue weighted by Gasteiger charge is 2.12. The first-order valence-electron chi connectivity index (χ1n) is 8.98. The Morgan fingerprint density at radius 1 is 1.09 bits per heavy atom. The maximum absolute atomic E-state index is 4.70. The molecular formula is C17H37N5. The minimum absolute atomic E-state index is 0.447. The second-order valence-corrected chi connectivity index (χ2v) is 6.79. The predicted molar refractivity (Wildman–Crippen MR) is 96.6 cm³/mol. The van der Waals surface area contributed by atoms with Crippen LogP contribution >= 0.6 is 0 Å². The van der Waals surface area contributed by atoms with Crippen molar-refractivity contribution in [1.82, 2.24) is 20.4 Å². The smallest absolute Gasteiger partial charge is 0.191 e. The molecule has 1 aliphatic heterocycles. The summed E-state index contributed by atoms with van der Waals surface area (Å²) in [6, 6.07) is 0.447. The molecule has 1 atom stereocenters. The van der Waals surface area contributed by atoms with E-state index in [1.165, 1.54) is 45.6 Å². The molecular weight excluding hydrogens is 274 g/mol. The second kappa shape index (κ2) is 10.8. The Bertz CT molecular complexity index is 308. The summed E-state index contributed by atoms with van der Waals surface area (Å²) in [5.74, 6) is 1.57. The molecule has 1 aliphatic rings. The highest BCUT2D eigenvalue weighted by molar-refractivity contribution is 5.80. The third-order valence-corrected chi connectivity index (χ3v) is 4.46.